The smallest absolute Gasteiger partial charge is 0.408 e. The molecule has 2 aromatic carbocycles. The topological polar surface area (TPSA) is 92.8 Å². The number of benzene rings is 2. The lowest BCUT2D eigenvalue weighted by Gasteiger charge is -2.23. The van der Waals surface area contributed by atoms with E-state index < -0.39 is 21.4 Å². The van der Waals surface area contributed by atoms with Crippen molar-refractivity contribution in [3.63, 3.8) is 0 Å². The van der Waals surface area contributed by atoms with Crippen LogP contribution >= 0.6 is 0 Å². The van der Waals surface area contributed by atoms with Crippen LogP contribution in [0.5, 0.6) is 0 Å². The molecule has 0 bridgehead atoms. The molecule has 1 unspecified atom stereocenters. The van der Waals surface area contributed by atoms with Crippen molar-refractivity contribution >= 4 is 21.1 Å². The van der Waals surface area contributed by atoms with Crippen LogP contribution in [0.4, 0.5) is 0 Å². The molecule has 8 heteroatoms. The first-order valence-corrected chi connectivity index (χ1v) is 10.2. The fourth-order valence-electron chi connectivity index (χ4n) is 3.60. The number of fused-ring (bicyclic) bond motifs is 1. The molecule has 2 heterocycles. The second-order valence-corrected chi connectivity index (χ2v) is 8.67. The summed E-state index contributed by atoms with van der Waals surface area (Å²) in [6.45, 7) is 2.45. The Morgan fingerprint density at radius 1 is 1.19 bits per heavy atom. The van der Waals surface area contributed by atoms with E-state index in [2.05, 4.69) is 0 Å². The van der Waals surface area contributed by atoms with Crippen LogP contribution in [0.25, 0.3) is 11.1 Å². The van der Waals surface area contributed by atoms with E-state index in [1.807, 2.05) is 25.1 Å². The zero-order chi connectivity index (χ0) is 19.2. The third-order valence-corrected chi connectivity index (χ3v) is 6.96. The molecule has 0 amide bonds. The molecule has 7 nitrogen and oxygen atoms in total. The number of aromatic nitrogens is 1. The number of sulfonamides is 1. The molecule has 1 aliphatic rings. The van der Waals surface area contributed by atoms with Crippen LogP contribution < -0.4 is 5.76 Å². The summed E-state index contributed by atoms with van der Waals surface area (Å²) in [5, 5.41) is 10.9. The van der Waals surface area contributed by atoms with Gasteiger partial charge in [0.15, 0.2) is 5.58 Å². The van der Waals surface area contributed by atoms with Gasteiger partial charge >= 0.3 is 5.76 Å². The van der Waals surface area contributed by atoms with Crippen molar-refractivity contribution < 1.29 is 17.9 Å². The van der Waals surface area contributed by atoms with Crippen molar-refractivity contribution in [2.75, 3.05) is 13.1 Å². The number of rotatable bonds is 4. The van der Waals surface area contributed by atoms with Crippen LogP contribution in [-0.4, -0.2) is 35.5 Å². The Kier molecular flexibility index (Phi) is 4.21. The van der Waals surface area contributed by atoms with E-state index in [0.717, 1.165) is 0 Å². The summed E-state index contributed by atoms with van der Waals surface area (Å²) in [5.41, 5.74) is 0.282. The lowest BCUT2D eigenvalue weighted by Crippen LogP contribution is -2.34. The van der Waals surface area contributed by atoms with Crippen molar-refractivity contribution in [1.82, 2.24) is 8.87 Å². The zero-order valence-corrected chi connectivity index (χ0v) is 15.6. The molecule has 0 radical (unpaired) electrons. The number of hydrogen-bond donors (Lipinski definition) is 1. The maximum atomic E-state index is 13.0. The molecule has 1 fully saturated rings. The standard InChI is InChI=1S/C19H20N2O5S/c1-2-21-16-9-8-15(12-17(16)26-18(21)22)27(24,25)20-11-10-19(23,13-20)14-6-4-3-5-7-14/h3-9,12,23H,2,10-11,13H2,1H3. The van der Waals surface area contributed by atoms with Crippen LogP contribution in [0, 0.1) is 0 Å². The molecule has 1 aliphatic heterocycles. The third-order valence-electron chi connectivity index (χ3n) is 5.12. The molecule has 0 spiro atoms. The normalized spacial score (nSPS) is 21.1. The third kappa shape index (κ3) is 2.90. The monoisotopic (exact) mass is 388 g/mol. The number of nitrogens with zero attached hydrogens (tertiary/aromatic N) is 2. The average molecular weight is 388 g/mol. The van der Waals surface area contributed by atoms with Gasteiger partial charge in [0.1, 0.15) is 5.60 Å². The zero-order valence-electron chi connectivity index (χ0n) is 14.8. The maximum absolute atomic E-state index is 13.0. The number of oxazole rings is 1. The molecule has 0 saturated carbocycles. The van der Waals surface area contributed by atoms with Crippen LogP contribution in [0.15, 0.2) is 62.6 Å². The Morgan fingerprint density at radius 3 is 2.63 bits per heavy atom. The minimum absolute atomic E-state index is 0.0166. The van der Waals surface area contributed by atoms with Gasteiger partial charge in [0.2, 0.25) is 10.0 Å². The SMILES string of the molecule is CCn1c(=O)oc2cc(S(=O)(=O)N3CCC(O)(c4ccccc4)C3)ccc21. The lowest BCUT2D eigenvalue weighted by molar-refractivity contribution is 0.0531. The Hall–Kier alpha value is -2.42. The molecule has 4 rings (SSSR count). The molecule has 3 aromatic rings. The Balaban J connectivity index is 1.68. The van der Waals surface area contributed by atoms with E-state index in [4.69, 9.17) is 4.42 Å². The van der Waals surface area contributed by atoms with Gasteiger partial charge in [-0.15, -0.1) is 0 Å². The summed E-state index contributed by atoms with van der Waals surface area (Å²) < 4.78 is 34.0. The Labute approximate surface area is 156 Å². The van der Waals surface area contributed by atoms with E-state index >= 15 is 0 Å². The van der Waals surface area contributed by atoms with Gasteiger partial charge in [-0.1, -0.05) is 30.3 Å². The first-order valence-electron chi connectivity index (χ1n) is 8.76. The van der Waals surface area contributed by atoms with Gasteiger partial charge in [-0.25, -0.2) is 13.2 Å². The Bertz CT molecular complexity index is 1150. The summed E-state index contributed by atoms with van der Waals surface area (Å²) >= 11 is 0. The van der Waals surface area contributed by atoms with Crippen molar-refractivity contribution in [2.24, 2.45) is 0 Å². The van der Waals surface area contributed by atoms with E-state index in [9.17, 15) is 18.3 Å². The number of aliphatic hydroxyl groups is 1. The summed E-state index contributed by atoms with van der Waals surface area (Å²) in [6.07, 6.45) is 0.319. The van der Waals surface area contributed by atoms with E-state index in [0.29, 0.717) is 24.0 Å². The van der Waals surface area contributed by atoms with Crippen molar-refractivity contribution in [3.05, 3.63) is 64.6 Å². The van der Waals surface area contributed by atoms with Gasteiger partial charge in [-0.05, 0) is 31.0 Å². The summed E-state index contributed by atoms with van der Waals surface area (Å²) in [6, 6.07) is 13.5. The Morgan fingerprint density at radius 2 is 1.93 bits per heavy atom. The molecular formula is C19H20N2O5S. The quantitative estimate of drug-likeness (QED) is 0.737. The number of aryl methyl sites for hydroxylation is 1. The molecule has 27 heavy (non-hydrogen) atoms. The van der Waals surface area contributed by atoms with Gasteiger partial charge in [0.25, 0.3) is 0 Å². The summed E-state index contributed by atoms with van der Waals surface area (Å²) in [7, 11) is -3.82. The van der Waals surface area contributed by atoms with Crippen LogP contribution in [-0.2, 0) is 22.2 Å². The molecular weight excluding hydrogens is 368 g/mol. The molecule has 1 saturated heterocycles. The van der Waals surface area contributed by atoms with Crippen LogP contribution in [0.1, 0.15) is 18.9 Å². The maximum Gasteiger partial charge on any atom is 0.419 e. The van der Waals surface area contributed by atoms with Gasteiger partial charge in [-0.2, -0.15) is 4.31 Å². The molecule has 142 valence electrons. The molecule has 1 N–H and O–H groups in total. The van der Waals surface area contributed by atoms with E-state index in [1.165, 1.54) is 21.0 Å². The predicted molar refractivity (Wildman–Crippen MR) is 99.9 cm³/mol. The first kappa shape index (κ1) is 18.0. The first-order chi connectivity index (χ1) is 12.8. The number of β-amino-alcohol motifs (C(OH)–C–C–N with tert-alkyl or cyclic N) is 1. The second-order valence-electron chi connectivity index (χ2n) is 6.73. The largest absolute Gasteiger partial charge is 0.419 e. The van der Waals surface area contributed by atoms with Crippen molar-refractivity contribution in [2.45, 2.75) is 30.4 Å². The molecule has 1 atom stereocenters. The summed E-state index contributed by atoms with van der Waals surface area (Å²) in [5.74, 6) is -0.512. The van der Waals surface area contributed by atoms with Crippen LogP contribution in [0.3, 0.4) is 0 Å². The second kappa shape index (κ2) is 6.33. The van der Waals surface area contributed by atoms with Crippen molar-refractivity contribution in [3.8, 4) is 0 Å². The lowest BCUT2D eigenvalue weighted by atomic mass is 9.93. The highest BCUT2D eigenvalue weighted by Gasteiger charge is 2.42. The van der Waals surface area contributed by atoms with E-state index in [1.54, 1.807) is 18.2 Å². The fourth-order valence-corrected chi connectivity index (χ4v) is 5.11. The van der Waals surface area contributed by atoms with E-state index in [-0.39, 0.29) is 23.6 Å². The highest BCUT2D eigenvalue weighted by Crippen LogP contribution is 2.35. The van der Waals surface area contributed by atoms with Crippen LogP contribution in [0.2, 0.25) is 0 Å². The summed E-state index contributed by atoms with van der Waals surface area (Å²) in [4.78, 5) is 11.9. The number of hydrogen-bond acceptors (Lipinski definition) is 5. The average Bonchev–Trinajstić information content (AvgIpc) is 3.22. The predicted octanol–water partition coefficient (Wildman–Crippen LogP) is 1.90. The van der Waals surface area contributed by atoms with Gasteiger partial charge in [0, 0.05) is 25.7 Å². The van der Waals surface area contributed by atoms with Gasteiger partial charge in [0.05, 0.1) is 10.4 Å². The minimum atomic E-state index is -3.82. The fraction of sp³-hybridized carbons (Fsp3) is 0.316. The highest BCUT2D eigenvalue weighted by atomic mass is 32.2. The molecule has 1 aromatic heterocycles. The van der Waals surface area contributed by atoms with Gasteiger partial charge in [-0.3, -0.25) is 4.57 Å². The van der Waals surface area contributed by atoms with Gasteiger partial charge < -0.3 is 9.52 Å². The van der Waals surface area contributed by atoms with Crippen molar-refractivity contribution in [1.29, 1.82) is 0 Å². The highest BCUT2D eigenvalue weighted by molar-refractivity contribution is 7.89. The molecule has 0 aliphatic carbocycles. The minimum Gasteiger partial charge on any atom is -0.408 e.